The second-order valence-electron chi connectivity index (χ2n) is 9.82. The lowest BCUT2D eigenvalue weighted by atomic mass is 9.86. The molecule has 0 unspecified atom stereocenters. The Hall–Kier alpha value is -1.38. The van der Waals surface area contributed by atoms with Gasteiger partial charge in [0.2, 0.25) is 5.91 Å². The van der Waals surface area contributed by atoms with Gasteiger partial charge in [0.25, 0.3) is 10.2 Å². The molecule has 13 heteroatoms. The molecule has 1 aromatic carbocycles. The number of rotatable bonds is 10. The lowest BCUT2D eigenvalue weighted by molar-refractivity contribution is -0.132. The number of likely N-dealkylation sites (tertiary alicyclic amines) is 1. The van der Waals surface area contributed by atoms with Crippen LogP contribution in [0, 0.1) is 23.4 Å². The molecule has 8 nitrogen and oxygen atoms in total. The van der Waals surface area contributed by atoms with Crippen molar-refractivity contribution in [1.82, 2.24) is 18.6 Å². The number of halogens is 3. The first-order valence-electron chi connectivity index (χ1n) is 11.4. The Labute approximate surface area is 209 Å². The van der Waals surface area contributed by atoms with Crippen LogP contribution in [0.3, 0.4) is 0 Å². The van der Waals surface area contributed by atoms with Crippen molar-refractivity contribution in [2.75, 3.05) is 33.7 Å². The minimum Gasteiger partial charge on any atom is -0.598 e. The molecule has 1 aliphatic heterocycles. The molecule has 1 aromatic rings. The molecule has 0 aliphatic carbocycles. The predicted molar refractivity (Wildman–Crippen MR) is 129 cm³/mol. The molecule has 1 heterocycles. The summed E-state index contributed by atoms with van der Waals surface area (Å²) < 4.78 is 83.6. The smallest absolute Gasteiger partial charge is 0.278 e. The fourth-order valence-corrected chi connectivity index (χ4v) is 5.22. The van der Waals surface area contributed by atoms with Crippen LogP contribution >= 0.6 is 0 Å². The number of hydrogen-bond acceptors (Lipinski definition) is 5. The number of nitrogens with one attached hydrogen (secondary N) is 2. The van der Waals surface area contributed by atoms with Crippen LogP contribution in [0.5, 0.6) is 0 Å². The van der Waals surface area contributed by atoms with Gasteiger partial charge in [-0.2, -0.15) is 12.7 Å². The second kappa shape index (κ2) is 12.2. The van der Waals surface area contributed by atoms with Crippen LogP contribution in [0.15, 0.2) is 12.1 Å². The topological polar surface area (TPSA) is 105 Å². The van der Waals surface area contributed by atoms with Gasteiger partial charge in [0, 0.05) is 57.6 Å². The summed E-state index contributed by atoms with van der Waals surface area (Å²) >= 11 is -1.48. The highest BCUT2D eigenvalue weighted by molar-refractivity contribution is 7.90. The third-order valence-corrected chi connectivity index (χ3v) is 9.07. The molecule has 0 radical (unpaired) electrons. The number of carbonyl (C=O) groups is 1. The first-order chi connectivity index (χ1) is 16.1. The summed E-state index contributed by atoms with van der Waals surface area (Å²) in [4.78, 5) is 14.2. The second-order valence-corrected chi connectivity index (χ2v) is 13.8. The highest BCUT2D eigenvalue weighted by Crippen LogP contribution is 2.27. The molecule has 0 bridgehead atoms. The molecular weight excluding hydrogens is 505 g/mol. The van der Waals surface area contributed by atoms with Gasteiger partial charge >= 0.3 is 0 Å². The maximum atomic E-state index is 14.3. The molecule has 1 amide bonds. The van der Waals surface area contributed by atoms with Crippen LogP contribution in [0.25, 0.3) is 0 Å². The minimum absolute atomic E-state index is 0.00746. The van der Waals surface area contributed by atoms with E-state index in [1.54, 1.807) is 25.7 Å². The maximum Gasteiger partial charge on any atom is 0.278 e. The van der Waals surface area contributed by atoms with Crippen molar-refractivity contribution in [3.63, 3.8) is 0 Å². The molecule has 200 valence electrons. The van der Waals surface area contributed by atoms with E-state index >= 15 is 0 Å². The molecule has 2 N–H and O–H groups in total. The van der Waals surface area contributed by atoms with Crippen LogP contribution in [-0.2, 0) is 32.8 Å². The Morgan fingerprint density at radius 3 is 2.29 bits per heavy atom. The summed E-state index contributed by atoms with van der Waals surface area (Å²) in [5.41, 5.74) is -0.0148. The van der Waals surface area contributed by atoms with Gasteiger partial charge in [0.1, 0.15) is 10.6 Å². The molecule has 0 saturated carbocycles. The molecule has 2 atom stereocenters. The van der Waals surface area contributed by atoms with Crippen molar-refractivity contribution in [1.29, 1.82) is 0 Å². The zero-order valence-electron chi connectivity index (χ0n) is 20.7. The molecule has 2 rings (SSSR count). The molecular formula is C22H35F3N4O4S2. The summed E-state index contributed by atoms with van der Waals surface area (Å²) in [6.07, 6.45) is 1.07. The van der Waals surface area contributed by atoms with Crippen molar-refractivity contribution in [3.05, 3.63) is 35.1 Å². The Kier molecular flexibility index (Phi) is 10.4. The summed E-state index contributed by atoms with van der Waals surface area (Å²) in [6, 6.07) is 0.847. The van der Waals surface area contributed by atoms with Crippen molar-refractivity contribution < 1.29 is 30.9 Å². The van der Waals surface area contributed by atoms with Gasteiger partial charge in [-0.3, -0.25) is 4.79 Å². The standard InChI is InChI=1S/C22H35F3N4O4S2/c1-22(2,3)34(31)27-20(13-16-12-18(24)19(25)14-17(16)23)15-7-10-29(11-8-15)21(30)6-9-26-35(32,33)28(4)5/h12,14-15,20,26-27H,6-11,13H2,1-5H3/t20-,34+/m1/s1. The van der Waals surface area contributed by atoms with Crippen LogP contribution in [0.4, 0.5) is 13.2 Å². The monoisotopic (exact) mass is 540 g/mol. The van der Waals surface area contributed by atoms with E-state index in [9.17, 15) is 30.9 Å². The highest BCUT2D eigenvalue weighted by Gasteiger charge is 2.35. The Balaban J connectivity index is 2.04. The third kappa shape index (κ3) is 8.60. The van der Waals surface area contributed by atoms with E-state index in [0.717, 1.165) is 10.4 Å². The molecule has 0 spiro atoms. The van der Waals surface area contributed by atoms with Crippen molar-refractivity contribution in [2.24, 2.45) is 5.92 Å². The SMILES string of the molecule is CN(C)S(=O)(=O)NCCC(=O)N1CCC([C@@H](Cc2cc(F)c(F)cc2F)N[S@@+]([O-])C(C)(C)C)CC1. The van der Waals surface area contributed by atoms with Gasteiger partial charge in [-0.25, -0.2) is 17.9 Å². The van der Waals surface area contributed by atoms with E-state index < -0.39 is 49.8 Å². The zero-order valence-corrected chi connectivity index (χ0v) is 22.4. The van der Waals surface area contributed by atoms with Crippen LogP contribution in [-0.4, -0.2) is 72.6 Å². The predicted octanol–water partition coefficient (Wildman–Crippen LogP) is 2.09. The summed E-state index contributed by atoms with van der Waals surface area (Å²) in [6.45, 7) is 6.13. The summed E-state index contributed by atoms with van der Waals surface area (Å²) in [5.74, 6) is -3.58. The third-order valence-electron chi connectivity index (χ3n) is 5.91. The number of nitrogens with zero attached hydrogens (tertiary/aromatic N) is 2. The van der Waals surface area contributed by atoms with Gasteiger partial charge in [-0.15, -0.1) is 4.72 Å². The fourth-order valence-electron chi connectivity index (χ4n) is 3.70. The van der Waals surface area contributed by atoms with Crippen molar-refractivity contribution >= 4 is 27.5 Å². The van der Waals surface area contributed by atoms with E-state index in [4.69, 9.17) is 0 Å². The van der Waals surface area contributed by atoms with Crippen LogP contribution in [0.2, 0.25) is 0 Å². The molecule has 0 aromatic heterocycles. The Bertz CT molecular complexity index is 982. The quantitative estimate of drug-likeness (QED) is 0.349. The fraction of sp³-hybridized carbons (Fsp3) is 0.682. The largest absolute Gasteiger partial charge is 0.598 e. The average molecular weight is 541 g/mol. The van der Waals surface area contributed by atoms with Crippen molar-refractivity contribution in [3.8, 4) is 0 Å². The van der Waals surface area contributed by atoms with Gasteiger partial charge in [-0.1, -0.05) is 0 Å². The lowest BCUT2D eigenvalue weighted by Crippen LogP contribution is -2.51. The first kappa shape index (κ1) is 29.8. The van der Waals surface area contributed by atoms with E-state index in [2.05, 4.69) is 9.44 Å². The minimum atomic E-state index is -3.61. The number of carbonyl (C=O) groups excluding carboxylic acids is 1. The van der Waals surface area contributed by atoms with Crippen LogP contribution < -0.4 is 9.44 Å². The number of piperidine rings is 1. The van der Waals surface area contributed by atoms with E-state index in [-0.39, 0.29) is 36.8 Å². The van der Waals surface area contributed by atoms with Gasteiger partial charge in [-0.05, 0) is 57.6 Å². The van der Waals surface area contributed by atoms with Gasteiger partial charge < -0.3 is 9.45 Å². The summed E-state index contributed by atoms with van der Waals surface area (Å²) in [7, 11) is -0.838. The highest BCUT2D eigenvalue weighted by atomic mass is 32.2. The zero-order chi connectivity index (χ0) is 26.6. The number of hydrogen-bond donors (Lipinski definition) is 2. The Morgan fingerprint density at radius 2 is 1.74 bits per heavy atom. The normalized spacial score (nSPS) is 17.6. The maximum absolute atomic E-state index is 14.3. The van der Waals surface area contributed by atoms with E-state index in [0.29, 0.717) is 32.0 Å². The number of amides is 1. The molecule has 1 fully saturated rings. The lowest BCUT2D eigenvalue weighted by Gasteiger charge is -2.37. The molecule has 35 heavy (non-hydrogen) atoms. The molecule has 1 saturated heterocycles. The first-order valence-corrected chi connectivity index (χ1v) is 14.0. The van der Waals surface area contributed by atoms with Gasteiger partial charge in [0.05, 0.1) is 6.04 Å². The Morgan fingerprint density at radius 1 is 1.17 bits per heavy atom. The van der Waals surface area contributed by atoms with E-state index in [1.165, 1.54) is 14.1 Å². The number of benzene rings is 1. The van der Waals surface area contributed by atoms with Crippen molar-refractivity contribution in [2.45, 2.75) is 57.2 Å². The molecule has 1 aliphatic rings. The summed E-state index contributed by atoms with van der Waals surface area (Å²) in [5, 5.41) is 0. The van der Waals surface area contributed by atoms with E-state index in [1.807, 2.05) is 0 Å². The average Bonchev–Trinajstić information content (AvgIpc) is 2.76. The van der Waals surface area contributed by atoms with Crippen LogP contribution in [0.1, 0.15) is 45.6 Å². The van der Waals surface area contributed by atoms with Gasteiger partial charge in [0.15, 0.2) is 11.6 Å².